The Morgan fingerprint density at radius 1 is 1.32 bits per heavy atom. The second kappa shape index (κ2) is 8.99. The van der Waals surface area contributed by atoms with Gasteiger partial charge in [-0.05, 0) is 38.0 Å². The minimum atomic E-state index is -0.374. The third kappa shape index (κ3) is 7.90. The molecule has 0 heterocycles. The molecule has 0 radical (unpaired) electrons. The molecule has 4 heteroatoms. The van der Waals surface area contributed by atoms with Gasteiger partial charge in [-0.15, -0.1) is 0 Å². The summed E-state index contributed by atoms with van der Waals surface area (Å²) in [6, 6.07) is 10.3. The molecule has 2 N–H and O–H groups in total. The third-order valence-electron chi connectivity index (χ3n) is 2.71. The molecule has 0 aliphatic heterocycles. The average Bonchev–Trinajstić information content (AvgIpc) is 2.35. The number of benzene rings is 1. The molecule has 0 saturated carbocycles. The van der Waals surface area contributed by atoms with Gasteiger partial charge in [0.1, 0.15) is 0 Å². The number of aliphatic hydroxyl groups excluding tert-OH is 1. The Morgan fingerprint density at radius 2 is 2.00 bits per heavy atom. The van der Waals surface area contributed by atoms with Crippen molar-refractivity contribution in [1.29, 1.82) is 0 Å². The Labute approximate surface area is 119 Å². The van der Waals surface area contributed by atoms with E-state index in [1.54, 1.807) is 18.7 Å². The monoisotopic (exact) mass is 281 g/mol. The molecular weight excluding hydrogens is 258 g/mol. The summed E-state index contributed by atoms with van der Waals surface area (Å²) in [7, 11) is 0. The average molecular weight is 281 g/mol. The molecule has 0 saturated heterocycles. The molecule has 0 aliphatic rings. The topological polar surface area (TPSA) is 49.3 Å². The normalized spacial score (nSPS) is 13.8. The van der Waals surface area contributed by atoms with Gasteiger partial charge in [0.2, 0.25) is 5.91 Å². The molecule has 0 bridgehead atoms. The number of hydrogen-bond acceptors (Lipinski definition) is 3. The van der Waals surface area contributed by atoms with Crippen molar-refractivity contribution in [2.24, 2.45) is 0 Å². The third-order valence-corrected chi connectivity index (χ3v) is 3.67. The Balaban J connectivity index is 2.10. The van der Waals surface area contributed by atoms with Crippen LogP contribution in [0.5, 0.6) is 0 Å². The van der Waals surface area contributed by atoms with E-state index >= 15 is 0 Å². The second-order valence-electron chi connectivity index (χ2n) is 4.84. The number of rotatable bonds is 8. The van der Waals surface area contributed by atoms with Gasteiger partial charge in [0, 0.05) is 6.04 Å². The quantitative estimate of drug-likeness (QED) is 0.719. The van der Waals surface area contributed by atoms with Crippen LogP contribution in [0.1, 0.15) is 25.8 Å². The molecule has 1 amide bonds. The molecule has 0 spiro atoms. The molecule has 2 atom stereocenters. The molecule has 19 heavy (non-hydrogen) atoms. The van der Waals surface area contributed by atoms with Crippen LogP contribution in [0, 0.1) is 0 Å². The van der Waals surface area contributed by atoms with E-state index in [2.05, 4.69) is 17.4 Å². The standard InChI is InChI=1S/C15H23NO2S/c1-12(10-13(2)17)16-15(18)11-19-9-8-14-6-4-3-5-7-14/h3-7,12-13,17H,8-11H2,1-2H3,(H,16,18). The van der Waals surface area contributed by atoms with E-state index in [4.69, 9.17) is 0 Å². The van der Waals surface area contributed by atoms with E-state index in [1.165, 1.54) is 5.56 Å². The zero-order valence-electron chi connectivity index (χ0n) is 11.6. The first-order chi connectivity index (χ1) is 9.08. The van der Waals surface area contributed by atoms with Crippen LogP contribution in [0.15, 0.2) is 30.3 Å². The molecule has 0 aromatic heterocycles. The fourth-order valence-electron chi connectivity index (χ4n) is 1.89. The van der Waals surface area contributed by atoms with Crippen molar-refractivity contribution in [3.05, 3.63) is 35.9 Å². The van der Waals surface area contributed by atoms with Gasteiger partial charge in [-0.2, -0.15) is 11.8 Å². The molecule has 1 rings (SSSR count). The SMILES string of the molecule is CC(O)CC(C)NC(=O)CSCCc1ccccc1. The lowest BCUT2D eigenvalue weighted by Gasteiger charge is -2.15. The van der Waals surface area contributed by atoms with E-state index in [9.17, 15) is 9.90 Å². The van der Waals surface area contributed by atoms with Crippen LogP contribution >= 0.6 is 11.8 Å². The van der Waals surface area contributed by atoms with Gasteiger partial charge < -0.3 is 10.4 Å². The maximum absolute atomic E-state index is 11.6. The van der Waals surface area contributed by atoms with Gasteiger partial charge in [-0.25, -0.2) is 0 Å². The highest BCUT2D eigenvalue weighted by Crippen LogP contribution is 2.07. The van der Waals surface area contributed by atoms with Crippen molar-refractivity contribution in [3.8, 4) is 0 Å². The Hall–Kier alpha value is -1.00. The smallest absolute Gasteiger partial charge is 0.230 e. The highest BCUT2D eigenvalue weighted by molar-refractivity contribution is 7.99. The highest BCUT2D eigenvalue weighted by atomic mass is 32.2. The molecule has 0 fully saturated rings. The summed E-state index contributed by atoms with van der Waals surface area (Å²) < 4.78 is 0. The van der Waals surface area contributed by atoms with Gasteiger partial charge in [0.15, 0.2) is 0 Å². The maximum Gasteiger partial charge on any atom is 0.230 e. The summed E-state index contributed by atoms with van der Waals surface area (Å²) in [5.74, 6) is 1.48. The first-order valence-corrected chi connectivity index (χ1v) is 7.82. The van der Waals surface area contributed by atoms with E-state index in [1.807, 2.05) is 25.1 Å². The number of aryl methyl sites for hydroxylation is 1. The van der Waals surface area contributed by atoms with Gasteiger partial charge >= 0.3 is 0 Å². The van der Waals surface area contributed by atoms with E-state index in [-0.39, 0.29) is 18.1 Å². The summed E-state index contributed by atoms with van der Waals surface area (Å²) in [6.07, 6.45) is 1.21. The van der Waals surface area contributed by atoms with Crippen molar-refractivity contribution in [2.45, 2.75) is 38.8 Å². The van der Waals surface area contributed by atoms with Gasteiger partial charge in [-0.3, -0.25) is 4.79 Å². The number of nitrogens with one attached hydrogen (secondary N) is 1. The van der Waals surface area contributed by atoms with Crippen LogP contribution in [-0.4, -0.2) is 34.7 Å². The Bertz CT molecular complexity index is 368. The van der Waals surface area contributed by atoms with Crippen molar-refractivity contribution < 1.29 is 9.90 Å². The zero-order chi connectivity index (χ0) is 14.1. The van der Waals surface area contributed by atoms with E-state index in [0.29, 0.717) is 12.2 Å². The number of hydrogen-bond donors (Lipinski definition) is 2. The molecule has 1 aromatic carbocycles. The fourth-order valence-corrected chi connectivity index (χ4v) is 2.68. The number of carbonyl (C=O) groups excluding carboxylic acids is 1. The molecule has 0 aliphatic carbocycles. The second-order valence-corrected chi connectivity index (χ2v) is 5.95. The van der Waals surface area contributed by atoms with Crippen LogP contribution in [0.2, 0.25) is 0 Å². The summed E-state index contributed by atoms with van der Waals surface area (Å²) in [5.41, 5.74) is 1.30. The van der Waals surface area contributed by atoms with Crippen LogP contribution in [0.25, 0.3) is 0 Å². The Kier molecular flexibility index (Phi) is 7.60. The van der Waals surface area contributed by atoms with Crippen molar-refractivity contribution in [1.82, 2.24) is 5.32 Å². The summed E-state index contributed by atoms with van der Waals surface area (Å²) in [6.45, 7) is 3.65. The van der Waals surface area contributed by atoms with Crippen molar-refractivity contribution >= 4 is 17.7 Å². The predicted octanol–water partition coefficient (Wildman–Crippen LogP) is 2.24. The predicted molar refractivity (Wildman–Crippen MR) is 81.4 cm³/mol. The van der Waals surface area contributed by atoms with Crippen LogP contribution in [-0.2, 0) is 11.2 Å². The maximum atomic E-state index is 11.6. The minimum Gasteiger partial charge on any atom is -0.393 e. The molecular formula is C15H23NO2S. The first-order valence-electron chi connectivity index (χ1n) is 6.67. The highest BCUT2D eigenvalue weighted by Gasteiger charge is 2.09. The molecule has 3 nitrogen and oxygen atoms in total. The summed E-state index contributed by atoms with van der Waals surface area (Å²) in [5, 5.41) is 12.1. The minimum absolute atomic E-state index is 0.0298. The Morgan fingerprint density at radius 3 is 2.63 bits per heavy atom. The van der Waals surface area contributed by atoms with Gasteiger partial charge in [0.05, 0.1) is 11.9 Å². The van der Waals surface area contributed by atoms with E-state index < -0.39 is 0 Å². The molecule has 2 unspecified atom stereocenters. The van der Waals surface area contributed by atoms with Crippen LogP contribution in [0.3, 0.4) is 0 Å². The largest absolute Gasteiger partial charge is 0.393 e. The van der Waals surface area contributed by atoms with Crippen LogP contribution < -0.4 is 5.32 Å². The van der Waals surface area contributed by atoms with Gasteiger partial charge in [0.25, 0.3) is 0 Å². The van der Waals surface area contributed by atoms with E-state index in [0.717, 1.165) is 12.2 Å². The number of aliphatic hydroxyl groups is 1. The van der Waals surface area contributed by atoms with Gasteiger partial charge in [-0.1, -0.05) is 30.3 Å². The molecule has 1 aromatic rings. The number of amides is 1. The lowest BCUT2D eigenvalue weighted by atomic mass is 10.1. The lowest BCUT2D eigenvalue weighted by molar-refractivity contribution is -0.119. The summed E-state index contributed by atoms with van der Waals surface area (Å²) in [4.78, 5) is 11.6. The number of carbonyl (C=O) groups is 1. The lowest BCUT2D eigenvalue weighted by Crippen LogP contribution is -2.35. The van der Waals surface area contributed by atoms with Crippen molar-refractivity contribution in [3.63, 3.8) is 0 Å². The van der Waals surface area contributed by atoms with Crippen LogP contribution in [0.4, 0.5) is 0 Å². The van der Waals surface area contributed by atoms with Crippen molar-refractivity contribution in [2.75, 3.05) is 11.5 Å². The number of thioether (sulfide) groups is 1. The fraction of sp³-hybridized carbons (Fsp3) is 0.533. The molecule has 106 valence electrons. The first kappa shape index (κ1) is 16.1. The summed E-state index contributed by atoms with van der Waals surface area (Å²) >= 11 is 1.64. The zero-order valence-corrected chi connectivity index (χ0v) is 12.5.